The van der Waals surface area contributed by atoms with Crippen molar-refractivity contribution in [1.82, 2.24) is 0 Å². The predicted molar refractivity (Wildman–Crippen MR) is 59.4 cm³/mol. The third-order valence-corrected chi connectivity index (χ3v) is 2.48. The van der Waals surface area contributed by atoms with Crippen LogP contribution in [0.25, 0.3) is 0 Å². The molecule has 1 aromatic rings. The first-order chi connectivity index (χ1) is 7.47. The molecule has 0 N–H and O–H groups in total. The van der Waals surface area contributed by atoms with Crippen molar-refractivity contribution in [2.45, 2.75) is 20.8 Å². The highest BCUT2D eigenvalue weighted by molar-refractivity contribution is 5.99. The van der Waals surface area contributed by atoms with E-state index >= 15 is 0 Å². The second-order valence-electron chi connectivity index (χ2n) is 4.20. The number of carbonyl (C=O) groups excluding carboxylic acids is 1. The van der Waals surface area contributed by atoms with Crippen LogP contribution in [0.2, 0.25) is 0 Å². The van der Waals surface area contributed by atoms with E-state index in [2.05, 4.69) is 0 Å². The molecule has 0 fully saturated rings. The summed E-state index contributed by atoms with van der Waals surface area (Å²) in [4.78, 5) is 11.9. The fourth-order valence-corrected chi connectivity index (χ4v) is 1.50. The van der Waals surface area contributed by atoms with Crippen molar-refractivity contribution >= 4 is 5.78 Å². The molecule has 0 amide bonds. The van der Waals surface area contributed by atoms with Crippen molar-refractivity contribution < 1.29 is 9.18 Å². The molecule has 0 radical (unpaired) electrons. The topological polar surface area (TPSA) is 40.9 Å². The molecule has 84 valence electrons. The highest BCUT2D eigenvalue weighted by Gasteiger charge is 2.25. The van der Waals surface area contributed by atoms with E-state index in [-0.39, 0.29) is 11.5 Å². The van der Waals surface area contributed by atoms with Crippen molar-refractivity contribution in [3.05, 3.63) is 35.1 Å². The molecule has 0 spiro atoms. The number of halogens is 1. The molecule has 0 heterocycles. The van der Waals surface area contributed by atoms with Crippen LogP contribution in [0.5, 0.6) is 0 Å². The average molecular weight is 219 g/mol. The number of nitrogens with zero attached hydrogens (tertiary/aromatic N) is 1. The van der Waals surface area contributed by atoms with Crippen molar-refractivity contribution in [3.8, 4) is 6.07 Å². The minimum absolute atomic E-state index is 0.00542. The first kappa shape index (κ1) is 12.4. The van der Waals surface area contributed by atoms with Crippen LogP contribution in [0.3, 0.4) is 0 Å². The number of rotatable bonds is 3. The second kappa shape index (κ2) is 4.89. The van der Waals surface area contributed by atoms with Gasteiger partial charge in [-0.2, -0.15) is 5.26 Å². The largest absolute Gasteiger partial charge is 0.293 e. The smallest absolute Gasteiger partial charge is 0.183 e. The molecular weight excluding hydrogens is 205 g/mol. The Balaban J connectivity index is 3.10. The summed E-state index contributed by atoms with van der Waals surface area (Å²) in [7, 11) is 0. The van der Waals surface area contributed by atoms with Crippen LogP contribution < -0.4 is 0 Å². The van der Waals surface area contributed by atoms with Crippen LogP contribution in [0.15, 0.2) is 18.2 Å². The molecule has 1 aromatic carbocycles. The minimum Gasteiger partial charge on any atom is -0.293 e. The Morgan fingerprint density at radius 3 is 2.50 bits per heavy atom. The third kappa shape index (κ3) is 2.46. The standard InChI is InChI=1S/C13H14FNO/c1-8(2)11(7-15)13(16)10-5-4-9(3)6-12(10)14/h4-6,8,11H,1-3H3. The fourth-order valence-electron chi connectivity index (χ4n) is 1.50. The van der Waals surface area contributed by atoms with E-state index in [0.717, 1.165) is 5.56 Å². The molecule has 3 heteroatoms. The van der Waals surface area contributed by atoms with Crippen LogP contribution in [-0.2, 0) is 0 Å². The van der Waals surface area contributed by atoms with Crippen molar-refractivity contribution in [2.24, 2.45) is 11.8 Å². The summed E-state index contributed by atoms with van der Waals surface area (Å²) >= 11 is 0. The number of ketones is 1. The van der Waals surface area contributed by atoms with Crippen LogP contribution >= 0.6 is 0 Å². The number of carbonyl (C=O) groups is 1. The zero-order valence-electron chi connectivity index (χ0n) is 9.62. The molecule has 0 aliphatic rings. The van der Waals surface area contributed by atoms with E-state index in [1.807, 2.05) is 6.07 Å². The lowest BCUT2D eigenvalue weighted by Crippen LogP contribution is -2.19. The van der Waals surface area contributed by atoms with Gasteiger partial charge in [0.05, 0.1) is 11.6 Å². The van der Waals surface area contributed by atoms with Gasteiger partial charge in [0.1, 0.15) is 11.7 Å². The van der Waals surface area contributed by atoms with Gasteiger partial charge in [-0.15, -0.1) is 0 Å². The van der Waals surface area contributed by atoms with Gasteiger partial charge < -0.3 is 0 Å². The summed E-state index contributed by atoms with van der Waals surface area (Å²) in [5.74, 6) is -1.88. The Morgan fingerprint density at radius 2 is 2.06 bits per heavy atom. The van der Waals surface area contributed by atoms with Crippen molar-refractivity contribution in [1.29, 1.82) is 5.26 Å². The van der Waals surface area contributed by atoms with Gasteiger partial charge in [0.15, 0.2) is 5.78 Å². The number of hydrogen-bond donors (Lipinski definition) is 0. The lowest BCUT2D eigenvalue weighted by Gasteiger charge is -2.12. The first-order valence-electron chi connectivity index (χ1n) is 5.17. The quantitative estimate of drug-likeness (QED) is 0.733. The maximum absolute atomic E-state index is 13.5. The Kier molecular flexibility index (Phi) is 3.78. The lowest BCUT2D eigenvalue weighted by atomic mass is 9.89. The monoisotopic (exact) mass is 219 g/mol. The van der Waals surface area contributed by atoms with Crippen LogP contribution in [0, 0.1) is 35.9 Å². The third-order valence-electron chi connectivity index (χ3n) is 2.48. The maximum atomic E-state index is 13.5. The van der Waals surface area contributed by atoms with Gasteiger partial charge in [-0.05, 0) is 30.5 Å². The van der Waals surface area contributed by atoms with Crippen LogP contribution in [-0.4, -0.2) is 5.78 Å². The number of benzene rings is 1. The molecule has 0 aromatic heterocycles. The number of aryl methyl sites for hydroxylation is 1. The maximum Gasteiger partial charge on any atom is 0.183 e. The summed E-state index contributed by atoms with van der Waals surface area (Å²) < 4.78 is 13.5. The molecule has 1 atom stereocenters. The number of hydrogen-bond acceptors (Lipinski definition) is 2. The Hall–Kier alpha value is -1.69. The Morgan fingerprint density at radius 1 is 1.44 bits per heavy atom. The number of Topliss-reactive ketones (excluding diaryl/α,β-unsaturated/α-hetero) is 1. The molecule has 0 aliphatic carbocycles. The molecule has 1 rings (SSSR count). The summed E-state index contributed by atoms with van der Waals surface area (Å²) in [6.07, 6.45) is 0. The van der Waals surface area contributed by atoms with Gasteiger partial charge >= 0.3 is 0 Å². The van der Waals surface area contributed by atoms with Gasteiger partial charge in [-0.3, -0.25) is 4.79 Å². The van der Waals surface area contributed by atoms with Crippen molar-refractivity contribution in [3.63, 3.8) is 0 Å². The van der Waals surface area contributed by atoms with E-state index in [0.29, 0.717) is 0 Å². The van der Waals surface area contributed by atoms with Crippen molar-refractivity contribution in [2.75, 3.05) is 0 Å². The molecule has 0 aliphatic heterocycles. The van der Waals surface area contributed by atoms with Gasteiger partial charge in [0.2, 0.25) is 0 Å². The zero-order chi connectivity index (χ0) is 12.3. The van der Waals surface area contributed by atoms with E-state index in [9.17, 15) is 9.18 Å². The molecule has 1 unspecified atom stereocenters. The van der Waals surface area contributed by atoms with E-state index < -0.39 is 17.5 Å². The second-order valence-corrected chi connectivity index (χ2v) is 4.20. The van der Waals surface area contributed by atoms with Gasteiger partial charge in [0.25, 0.3) is 0 Å². The molecule has 16 heavy (non-hydrogen) atoms. The van der Waals surface area contributed by atoms with Crippen LogP contribution in [0.4, 0.5) is 4.39 Å². The molecule has 0 bridgehead atoms. The van der Waals surface area contributed by atoms with E-state index in [1.165, 1.54) is 12.1 Å². The number of nitriles is 1. The summed E-state index contributed by atoms with van der Waals surface area (Å²) in [5, 5.41) is 8.88. The average Bonchev–Trinajstić information content (AvgIpc) is 2.17. The van der Waals surface area contributed by atoms with Gasteiger partial charge in [-0.25, -0.2) is 4.39 Å². The summed E-state index contributed by atoms with van der Waals surface area (Å²) in [6, 6.07) is 6.35. The van der Waals surface area contributed by atoms with Gasteiger partial charge in [0, 0.05) is 0 Å². The lowest BCUT2D eigenvalue weighted by molar-refractivity contribution is 0.0920. The van der Waals surface area contributed by atoms with Crippen LogP contribution in [0.1, 0.15) is 29.8 Å². The summed E-state index contributed by atoms with van der Waals surface area (Å²) in [5.41, 5.74) is 0.762. The van der Waals surface area contributed by atoms with E-state index in [1.54, 1.807) is 26.8 Å². The normalized spacial score (nSPS) is 12.2. The highest BCUT2D eigenvalue weighted by Crippen LogP contribution is 2.19. The van der Waals surface area contributed by atoms with Gasteiger partial charge in [-0.1, -0.05) is 19.9 Å². The molecule has 2 nitrogen and oxygen atoms in total. The van der Waals surface area contributed by atoms with E-state index in [4.69, 9.17) is 5.26 Å². The zero-order valence-corrected chi connectivity index (χ0v) is 9.62. The molecular formula is C13H14FNO. The minimum atomic E-state index is -0.780. The highest BCUT2D eigenvalue weighted by atomic mass is 19.1. The molecule has 0 saturated carbocycles. The molecule has 0 saturated heterocycles. The predicted octanol–water partition coefficient (Wildman–Crippen LogP) is 3.11. The Bertz CT molecular complexity index is 446. The fraction of sp³-hybridized carbons (Fsp3) is 0.385. The SMILES string of the molecule is Cc1ccc(C(=O)C(C#N)C(C)C)c(F)c1. The first-order valence-corrected chi connectivity index (χ1v) is 5.17. The summed E-state index contributed by atoms with van der Waals surface area (Å²) in [6.45, 7) is 5.30. The Labute approximate surface area is 94.7 Å².